The van der Waals surface area contributed by atoms with Crippen LogP contribution in [-0.2, 0) is 6.42 Å². The van der Waals surface area contributed by atoms with Crippen LogP contribution in [0, 0.1) is 0 Å². The smallest absolute Gasteiger partial charge is 0.168 e. The van der Waals surface area contributed by atoms with Gasteiger partial charge in [-0.05, 0) is 36.6 Å². The summed E-state index contributed by atoms with van der Waals surface area (Å²) in [6.07, 6.45) is 13.4. The van der Waals surface area contributed by atoms with Gasteiger partial charge in [0.25, 0.3) is 0 Å². The van der Waals surface area contributed by atoms with E-state index < -0.39 is 0 Å². The van der Waals surface area contributed by atoms with Gasteiger partial charge in [-0.1, -0.05) is 94.4 Å². The first-order valence-electron chi connectivity index (χ1n) is 10.6. The van der Waals surface area contributed by atoms with Crippen molar-refractivity contribution in [3.63, 3.8) is 0 Å². The van der Waals surface area contributed by atoms with Crippen LogP contribution in [0.3, 0.4) is 0 Å². The Morgan fingerprint density at radius 2 is 1.48 bits per heavy atom. The van der Waals surface area contributed by atoms with Gasteiger partial charge in [-0.25, -0.2) is 0 Å². The minimum Gasteiger partial charge on any atom is -0.507 e. The van der Waals surface area contributed by atoms with Gasteiger partial charge in [-0.15, -0.1) is 0 Å². The van der Waals surface area contributed by atoms with E-state index in [2.05, 4.69) is 6.92 Å². The number of benzene rings is 2. The van der Waals surface area contributed by atoms with Crippen molar-refractivity contribution in [2.24, 2.45) is 0 Å². The van der Waals surface area contributed by atoms with Crippen LogP contribution in [0.4, 0.5) is 0 Å². The quantitative estimate of drug-likeness (QED) is 0.0884. The number of aromatic hydroxyl groups is 3. The van der Waals surface area contributed by atoms with Crippen molar-refractivity contribution < 1.29 is 15.3 Å². The summed E-state index contributed by atoms with van der Waals surface area (Å²) >= 11 is 5.37. The van der Waals surface area contributed by atoms with E-state index in [1.165, 1.54) is 38.5 Å². The Labute approximate surface area is 179 Å². The number of thiocarbonyl (C=S) groups is 1. The molecule has 2 aromatic rings. The fourth-order valence-corrected chi connectivity index (χ4v) is 3.58. The molecule has 0 aliphatic carbocycles. The van der Waals surface area contributed by atoms with Crippen LogP contribution >= 0.6 is 12.2 Å². The fourth-order valence-electron chi connectivity index (χ4n) is 3.37. The lowest BCUT2D eigenvalue weighted by molar-refractivity contribution is 0.390. The van der Waals surface area contributed by atoms with E-state index in [0.29, 0.717) is 16.8 Å². The Balaban J connectivity index is 1.93. The standard InChI is InChI=1S/C25H32O3S/c1-2-3-4-5-6-7-8-10-15-20-18-22(26)21(25(28)24(20)27)16-17-23(29)19-13-11-9-12-14-19/h9,11-14,16-18,26-28H,2-8,10,15H2,1H3. The van der Waals surface area contributed by atoms with Crippen molar-refractivity contribution in [2.45, 2.75) is 64.7 Å². The topological polar surface area (TPSA) is 60.7 Å². The van der Waals surface area contributed by atoms with E-state index >= 15 is 0 Å². The molecule has 3 nitrogen and oxygen atoms in total. The lowest BCUT2D eigenvalue weighted by atomic mass is 10.00. The molecule has 2 aromatic carbocycles. The second-order valence-corrected chi connectivity index (χ2v) is 7.89. The molecule has 0 aromatic heterocycles. The van der Waals surface area contributed by atoms with E-state index in [9.17, 15) is 15.3 Å². The molecule has 0 saturated carbocycles. The first-order valence-corrected chi connectivity index (χ1v) is 11.0. The van der Waals surface area contributed by atoms with E-state index in [1.54, 1.807) is 18.2 Å². The predicted octanol–water partition coefficient (Wildman–Crippen LogP) is 6.92. The maximum Gasteiger partial charge on any atom is 0.168 e. The molecular formula is C25H32O3S. The highest BCUT2D eigenvalue weighted by atomic mass is 32.1. The van der Waals surface area contributed by atoms with Gasteiger partial charge in [0.05, 0.1) is 5.56 Å². The van der Waals surface area contributed by atoms with E-state index in [1.807, 2.05) is 30.3 Å². The second-order valence-electron chi connectivity index (χ2n) is 7.45. The average Bonchev–Trinajstić information content (AvgIpc) is 2.73. The van der Waals surface area contributed by atoms with Gasteiger partial charge in [0.2, 0.25) is 0 Å². The third kappa shape index (κ3) is 7.21. The molecule has 0 bridgehead atoms. The summed E-state index contributed by atoms with van der Waals surface area (Å²) < 4.78 is 0. The van der Waals surface area contributed by atoms with Crippen LogP contribution in [0.1, 0.15) is 75.0 Å². The zero-order chi connectivity index (χ0) is 21.1. The fraction of sp³-hybridized carbons (Fsp3) is 0.400. The van der Waals surface area contributed by atoms with Crippen LogP contribution in [0.25, 0.3) is 6.08 Å². The molecule has 0 aliphatic rings. The summed E-state index contributed by atoms with van der Waals surface area (Å²) in [6.45, 7) is 2.22. The monoisotopic (exact) mass is 412 g/mol. The lowest BCUT2D eigenvalue weighted by Crippen LogP contribution is -1.93. The van der Waals surface area contributed by atoms with Crippen LogP contribution in [-0.4, -0.2) is 20.2 Å². The highest BCUT2D eigenvalue weighted by Crippen LogP contribution is 2.40. The van der Waals surface area contributed by atoms with Gasteiger partial charge in [-0.3, -0.25) is 0 Å². The highest BCUT2D eigenvalue weighted by Gasteiger charge is 2.15. The van der Waals surface area contributed by atoms with Crippen LogP contribution in [0.15, 0.2) is 42.5 Å². The molecule has 0 radical (unpaired) electrons. The van der Waals surface area contributed by atoms with Crippen molar-refractivity contribution >= 4 is 23.2 Å². The van der Waals surface area contributed by atoms with Crippen LogP contribution in [0.5, 0.6) is 17.2 Å². The molecule has 156 valence electrons. The molecule has 3 N–H and O–H groups in total. The lowest BCUT2D eigenvalue weighted by Gasteiger charge is -2.11. The highest BCUT2D eigenvalue weighted by molar-refractivity contribution is 7.81. The summed E-state index contributed by atoms with van der Waals surface area (Å²) in [4.78, 5) is 0.590. The molecule has 29 heavy (non-hydrogen) atoms. The van der Waals surface area contributed by atoms with E-state index in [4.69, 9.17) is 12.2 Å². The van der Waals surface area contributed by atoms with Gasteiger partial charge < -0.3 is 15.3 Å². The molecule has 0 aliphatic heterocycles. The van der Waals surface area contributed by atoms with Gasteiger partial charge in [0, 0.05) is 10.4 Å². The predicted molar refractivity (Wildman–Crippen MR) is 125 cm³/mol. The van der Waals surface area contributed by atoms with Gasteiger partial charge in [0.1, 0.15) is 5.75 Å². The number of rotatable bonds is 12. The second kappa shape index (κ2) is 12.3. The summed E-state index contributed by atoms with van der Waals surface area (Å²) in [5.41, 5.74) is 1.64. The van der Waals surface area contributed by atoms with Crippen LogP contribution < -0.4 is 0 Å². The minimum absolute atomic E-state index is 0.0537. The largest absolute Gasteiger partial charge is 0.507 e. The summed E-state index contributed by atoms with van der Waals surface area (Å²) in [5, 5.41) is 31.1. The number of allylic oxidation sites excluding steroid dienone is 1. The van der Waals surface area contributed by atoms with Crippen molar-refractivity contribution in [2.75, 3.05) is 0 Å². The van der Waals surface area contributed by atoms with Crippen molar-refractivity contribution in [1.29, 1.82) is 0 Å². The van der Waals surface area contributed by atoms with Crippen LogP contribution in [0.2, 0.25) is 0 Å². The molecule has 0 fully saturated rings. The zero-order valence-corrected chi connectivity index (χ0v) is 18.0. The Kier molecular flexibility index (Phi) is 9.72. The van der Waals surface area contributed by atoms with Crippen molar-refractivity contribution in [3.8, 4) is 17.2 Å². The first kappa shape index (κ1) is 23.0. The molecule has 0 unspecified atom stereocenters. The van der Waals surface area contributed by atoms with Gasteiger partial charge in [0.15, 0.2) is 11.5 Å². The SMILES string of the molecule is CCCCCCCCCCc1cc(O)c(C=CC(=S)c2ccccc2)c(O)c1O. The maximum absolute atomic E-state index is 10.4. The first-order chi connectivity index (χ1) is 14.0. The Morgan fingerprint density at radius 3 is 2.14 bits per heavy atom. The van der Waals surface area contributed by atoms with Gasteiger partial charge >= 0.3 is 0 Å². The number of phenolic OH excluding ortho intramolecular Hbond substituents is 3. The maximum atomic E-state index is 10.4. The number of phenols is 3. The molecule has 0 heterocycles. The summed E-state index contributed by atoms with van der Waals surface area (Å²) in [6, 6.07) is 11.1. The summed E-state index contributed by atoms with van der Waals surface area (Å²) in [7, 11) is 0. The Hall–Kier alpha value is -2.33. The molecule has 0 saturated heterocycles. The molecule has 2 rings (SSSR count). The summed E-state index contributed by atoms with van der Waals surface area (Å²) in [5.74, 6) is -0.510. The Bertz CT molecular complexity index is 813. The third-order valence-electron chi connectivity index (χ3n) is 5.13. The van der Waals surface area contributed by atoms with Gasteiger partial charge in [-0.2, -0.15) is 0 Å². The molecular weight excluding hydrogens is 380 g/mol. The molecule has 0 atom stereocenters. The molecule has 4 heteroatoms. The average molecular weight is 413 g/mol. The normalized spacial score (nSPS) is 11.2. The van der Waals surface area contributed by atoms with Crippen molar-refractivity contribution in [1.82, 2.24) is 0 Å². The number of hydrogen-bond donors (Lipinski definition) is 3. The Morgan fingerprint density at radius 1 is 0.862 bits per heavy atom. The van der Waals surface area contributed by atoms with E-state index in [0.717, 1.165) is 18.4 Å². The molecule has 0 spiro atoms. The van der Waals surface area contributed by atoms with Crippen molar-refractivity contribution in [3.05, 3.63) is 59.2 Å². The third-order valence-corrected chi connectivity index (χ3v) is 5.50. The zero-order valence-electron chi connectivity index (χ0n) is 17.2. The number of hydrogen-bond acceptors (Lipinski definition) is 4. The van der Waals surface area contributed by atoms with E-state index in [-0.39, 0.29) is 22.8 Å². The minimum atomic E-state index is -0.299. The number of unbranched alkanes of at least 4 members (excludes halogenated alkanes) is 7. The molecule has 0 amide bonds. The number of aryl methyl sites for hydroxylation is 1.